The molecule has 0 saturated carbocycles. The van der Waals surface area contributed by atoms with Crippen LogP contribution in [0.25, 0.3) is 0 Å². The Kier molecular flexibility index (Phi) is 6.04. The van der Waals surface area contributed by atoms with Gasteiger partial charge in [0.05, 0.1) is 13.0 Å². The van der Waals surface area contributed by atoms with Crippen LogP contribution in [0.3, 0.4) is 0 Å². The third kappa shape index (κ3) is 4.91. The van der Waals surface area contributed by atoms with Crippen molar-refractivity contribution >= 4 is 16.2 Å². The zero-order valence-electron chi connectivity index (χ0n) is 11.0. The molecule has 1 heterocycles. The van der Waals surface area contributed by atoms with Gasteiger partial charge in [0.15, 0.2) is 0 Å². The van der Waals surface area contributed by atoms with Crippen LogP contribution in [0.5, 0.6) is 0 Å². The monoisotopic (exact) mass is 278 g/mol. The highest BCUT2D eigenvalue weighted by molar-refractivity contribution is 7.87. The van der Waals surface area contributed by atoms with Crippen molar-refractivity contribution in [2.45, 2.75) is 33.1 Å². The van der Waals surface area contributed by atoms with Crippen LogP contribution in [0.2, 0.25) is 0 Å². The number of ether oxygens (including phenoxy) is 1. The minimum absolute atomic E-state index is 0.0668. The van der Waals surface area contributed by atoms with Gasteiger partial charge in [-0.25, -0.2) is 4.72 Å². The molecule has 0 unspecified atom stereocenters. The van der Waals surface area contributed by atoms with Gasteiger partial charge in [-0.2, -0.15) is 12.7 Å². The maximum atomic E-state index is 11.9. The Morgan fingerprint density at radius 1 is 1.39 bits per heavy atom. The molecule has 0 aliphatic carbocycles. The van der Waals surface area contributed by atoms with Crippen LogP contribution >= 0.6 is 0 Å². The molecule has 1 aliphatic heterocycles. The normalized spacial score (nSPS) is 18.8. The first kappa shape index (κ1) is 15.4. The standard InChI is InChI=1S/C11H22N2O4S/c1-3-17-11(14)4-7-12-18(15,16)13-8-5-10(2)6-9-13/h10,12H,3-9H2,1-2H3. The molecule has 0 aromatic rings. The molecule has 106 valence electrons. The predicted octanol–water partition coefficient (Wildman–Crippen LogP) is 0.506. The van der Waals surface area contributed by atoms with Crippen LogP contribution in [-0.4, -0.2) is 44.9 Å². The average molecular weight is 278 g/mol. The lowest BCUT2D eigenvalue weighted by Gasteiger charge is -2.29. The lowest BCUT2D eigenvalue weighted by atomic mass is 10.0. The van der Waals surface area contributed by atoms with E-state index in [-0.39, 0.29) is 18.9 Å². The van der Waals surface area contributed by atoms with Crippen LogP contribution in [0, 0.1) is 5.92 Å². The molecule has 0 spiro atoms. The SMILES string of the molecule is CCOC(=O)CCNS(=O)(=O)N1CCC(C)CC1. The van der Waals surface area contributed by atoms with Crippen LogP contribution < -0.4 is 4.72 Å². The number of nitrogens with zero attached hydrogens (tertiary/aromatic N) is 1. The minimum Gasteiger partial charge on any atom is -0.466 e. The molecule has 0 radical (unpaired) electrons. The Morgan fingerprint density at radius 2 is 2.00 bits per heavy atom. The topological polar surface area (TPSA) is 75.7 Å². The highest BCUT2D eigenvalue weighted by Crippen LogP contribution is 2.17. The fourth-order valence-corrected chi connectivity index (χ4v) is 3.07. The van der Waals surface area contributed by atoms with E-state index in [1.807, 2.05) is 0 Å². The lowest BCUT2D eigenvalue weighted by Crippen LogP contribution is -2.45. The van der Waals surface area contributed by atoms with Crippen molar-refractivity contribution in [3.63, 3.8) is 0 Å². The average Bonchev–Trinajstić information content (AvgIpc) is 2.29. The van der Waals surface area contributed by atoms with Gasteiger partial charge in [-0.1, -0.05) is 6.92 Å². The molecular formula is C11H22N2O4S. The molecule has 7 heteroatoms. The molecule has 1 fully saturated rings. The third-order valence-corrected chi connectivity index (χ3v) is 4.62. The molecule has 1 rings (SSSR count). The second-order valence-corrected chi connectivity index (χ2v) is 6.29. The Hall–Kier alpha value is -0.660. The van der Waals surface area contributed by atoms with Gasteiger partial charge in [-0.3, -0.25) is 4.79 Å². The minimum atomic E-state index is -3.44. The van der Waals surface area contributed by atoms with Gasteiger partial charge in [-0.05, 0) is 25.7 Å². The quantitative estimate of drug-likeness (QED) is 0.718. The smallest absolute Gasteiger partial charge is 0.307 e. The van der Waals surface area contributed by atoms with Gasteiger partial charge in [0, 0.05) is 19.6 Å². The van der Waals surface area contributed by atoms with E-state index in [1.165, 1.54) is 4.31 Å². The fourth-order valence-electron chi connectivity index (χ4n) is 1.83. The first-order valence-electron chi connectivity index (χ1n) is 6.36. The first-order valence-corrected chi connectivity index (χ1v) is 7.80. The van der Waals surface area contributed by atoms with Crippen molar-refractivity contribution in [3.05, 3.63) is 0 Å². The summed E-state index contributed by atoms with van der Waals surface area (Å²) in [5.74, 6) is 0.198. The first-order chi connectivity index (χ1) is 8.45. The largest absolute Gasteiger partial charge is 0.466 e. The van der Waals surface area contributed by atoms with Crippen molar-refractivity contribution in [1.82, 2.24) is 9.03 Å². The van der Waals surface area contributed by atoms with Crippen LogP contribution in [-0.2, 0) is 19.7 Å². The Balaban J connectivity index is 2.33. The van der Waals surface area contributed by atoms with Crippen molar-refractivity contribution in [3.8, 4) is 0 Å². The predicted molar refractivity (Wildman–Crippen MR) is 68.1 cm³/mol. The molecule has 18 heavy (non-hydrogen) atoms. The van der Waals surface area contributed by atoms with Crippen molar-refractivity contribution < 1.29 is 17.9 Å². The molecule has 6 nitrogen and oxygen atoms in total. The molecule has 1 saturated heterocycles. The van der Waals surface area contributed by atoms with E-state index in [9.17, 15) is 13.2 Å². The number of carbonyl (C=O) groups is 1. The summed E-state index contributed by atoms with van der Waals surface area (Å²) in [5.41, 5.74) is 0. The molecule has 0 atom stereocenters. The maximum Gasteiger partial charge on any atom is 0.307 e. The summed E-state index contributed by atoms with van der Waals surface area (Å²) in [6, 6.07) is 0. The third-order valence-electron chi connectivity index (χ3n) is 3.00. The summed E-state index contributed by atoms with van der Waals surface area (Å²) in [7, 11) is -3.44. The number of esters is 1. The van der Waals surface area contributed by atoms with Gasteiger partial charge in [-0.15, -0.1) is 0 Å². The van der Waals surface area contributed by atoms with Crippen molar-refractivity contribution in [2.24, 2.45) is 5.92 Å². The second-order valence-electron chi connectivity index (χ2n) is 4.54. The number of carbonyl (C=O) groups excluding carboxylic acids is 1. The van der Waals surface area contributed by atoms with E-state index in [0.29, 0.717) is 25.6 Å². The molecule has 1 N–H and O–H groups in total. The van der Waals surface area contributed by atoms with E-state index in [4.69, 9.17) is 4.74 Å². The van der Waals surface area contributed by atoms with Crippen molar-refractivity contribution in [1.29, 1.82) is 0 Å². The van der Waals surface area contributed by atoms with E-state index in [1.54, 1.807) is 6.92 Å². The highest BCUT2D eigenvalue weighted by atomic mass is 32.2. The molecule has 0 aromatic heterocycles. The summed E-state index contributed by atoms with van der Waals surface area (Å²) < 4.78 is 32.4. The highest BCUT2D eigenvalue weighted by Gasteiger charge is 2.25. The summed E-state index contributed by atoms with van der Waals surface area (Å²) in [5, 5.41) is 0. The van der Waals surface area contributed by atoms with Gasteiger partial charge in [0.2, 0.25) is 0 Å². The Labute approximate surface area is 109 Å². The van der Waals surface area contributed by atoms with E-state index >= 15 is 0 Å². The van der Waals surface area contributed by atoms with Gasteiger partial charge < -0.3 is 4.74 Å². The Bertz CT molecular complexity index is 361. The van der Waals surface area contributed by atoms with Gasteiger partial charge >= 0.3 is 5.97 Å². The number of piperidine rings is 1. The molecule has 1 aliphatic rings. The van der Waals surface area contributed by atoms with Gasteiger partial charge in [0.1, 0.15) is 0 Å². The number of nitrogens with one attached hydrogen (secondary N) is 1. The van der Waals surface area contributed by atoms with E-state index in [0.717, 1.165) is 12.8 Å². The zero-order chi connectivity index (χ0) is 13.6. The number of hydrogen-bond donors (Lipinski definition) is 1. The lowest BCUT2D eigenvalue weighted by molar-refractivity contribution is -0.142. The van der Waals surface area contributed by atoms with Crippen molar-refractivity contribution in [2.75, 3.05) is 26.2 Å². The molecule has 0 aromatic carbocycles. The molecule has 0 bridgehead atoms. The maximum absolute atomic E-state index is 11.9. The molecular weight excluding hydrogens is 256 g/mol. The second kappa shape index (κ2) is 7.06. The van der Waals surface area contributed by atoms with E-state index in [2.05, 4.69) is 11.6 Å². The molecule has 0 amide bonds. The van der Waals surface area contributed by atoms with E-state index < -0.39 is 10.2 Å². The number of hydrogen-bond acceptors (Lipinski definition) is 4. The Morgan fingerprint density at radius 3 is 2.56 bits per heavy atom. The van der Waals surface area contributed by atoms with Crippen LogP contribution in [0.4, 0.5) is 0 Å². The van der Waals surface area contributed by atoms with Crippen LogP contribution in [0.1, 0.15) is 33.1 Å². The number of rotatable bonds is 6. The zero-order valence-corrected chi connectivity index (χ0v) is 11.8. The summed E-state index contributed by atoms with van der Waals surface area (Å²) >= 11 is 0. The van der Waals surface area contributed by atoms with Crippen LogP contribution in [0.15, 0.2) is 0 Å². The summed E-state index contributed by atoms with van der Waals surface area (Å²) in [4.78, 5) is 11.1. The fraction of sp³-hybridized carbons (Fsp3) is 0.909. The summed E-state index contributed by atoms with van der Waals surface area (Å²) in [6.45, 7) is 5.35. The summed E-state index contributed by atoms with van der Waals surface area (Å²) in [6.07, 6.45) is 1.84. The van der Waals surface area contributed by atoms with Gasteiger partial charge in [0.25, 0.3) is 10.2 Å².